The molecule has 0 aliphatic heterocycles. The Morgan fingerprint density at radius 3 is 2.38 bits per heavy atom. The number of nitrogens with one attached hydrogen (secondary N) is 1. The molecular formula is C23H22BrN3O4S. The van der Waals surface area contributed by atoms with Gasteiger partial charge in [0.1, 0.15) is 12.3 Å². The lowest BCUT2D eigenvalue weighted by molar-refractivity contribution is -0.119. The molecule has 0 fully saturated rings. The quantitative estimate of drug-likeness (QED) is 0.341. The number of benzene rings is 3. The molecule has 1 N–H and O–H groups in total. The van der Waals surface area contributed by atoms with Crippen molar-refractivity contribution in [2.45, 2.75) is 11.8 Å². The van der Waals surface area contributed by atoms with Crippen molar-refractivity contribution in [3.05, 3.63) is 88.9 Å². The number of carbonyl (C=O) groups excluding carboxylic acids is 1. The van der Waals surface area contributed by atoms with E-state index in [9.17, 15) is 13.2 Å². The van der Waals surface area contributed by atoms with Gasteiger partial charge in [0, 0.05) is 4.47 Å². The zero-order valence-corrected chi connectivity index (χ0v) is 19.7. The third-order valence-electron chi connectivity index (χ3n) is 4.33. The maximum atomic E-state index is 13.4. The van der Waals surface area contributed by atoms with Crippen LogP contribution in [0.3, 0.4) is 0 Å². The number of rotatable bonds is 9. The van der Waals surface area contributed by atoms with E-state index < -0.39 is 22.5 Å². The lowest BCUT2D eigenvalue weighted by atomic mass is 10.2. The number of nitrogens with zero attached hydrogens (tertiary/aromatic N) is 2. The normalized spacial score (nSPS) is 11.3. The van der Waals surface area contributed by atoms with Crippen molar-refractivity contribution in [1.82, 2.24) is 5.43 Å². The topological polar surface area (TPSA) is 88.1 Å². The minimum atomic E-state index is -4.04. The summed E-state index contributed by atoms with van der Waals surface area (Å²) in [5.41, 5.74) is 3.44. The fourth-order valence-corrected chi connectivity index (χ4v) is 4.57. The molecule has 166 valence electrons. The van der Waals surface area contributed by atoms with Crippen LogP contribution in [-0.2, 0) is 14.8 Å². The van der Waals surface area contributed by atoms with Crippen molar-refractivity contribution in [2.24, 2.45) is 5.10 Å². The molecule has 9 heteroatoms. The smallest absolute Gasteiger partial charge is 0.264 e. The van der Waals surface area contributed by atoms with Crippen LogP contribution >= 0.6 is 15.9 Å². The zero-order chi connectivity index (χ0) is 23.0. The van der Waals surface area contributed by atoms with Crippen molar-refractivity contribution in [1.29, 1.82) is 0 Å². The lowest BCUT2D eigenvalue weighted by Gasteiger charge is -2.25. The zero-order valence-electron chi connectivity index (χ0n) is 17.3. The standard InChI is InChI=1S/C23H22BrN3O4S/c1-2-31-22-11-7-6-10-21(22)27(32(29,30)20-8-4-3-5-9-20)17-23(28)26-25-16-18-12-14-19(24)15-13-18/h3-16H,2,17H2,1H3,(H,26,28)/b25-16-. The highest BCUT2D eigenvalue weighted by molar-refractivity contribution is 9.10. The van der Waals surface area contributed by atoms with Crippen LogP contribution in [0.2, 0.25) is 0 Å². The molecule has 0 heterocycles. The van der Waals surface area contributed by atoms with Gasteiger partial charge in [-0.05, 0) is 48.9 Å². The Morgan fingerprint density at radius 1 is 1.03 bits per heavy atom. The molecule has 0 spiro atoms. The number of carbonyl (C=O) groups is 1. The number of para-hydroxylation sites is 2. The van der Waals surface area contributed by atoms with E-state index >= 15 is 0 Å². The lowest BCUT2D eigenvalue weighted by Crippen LogP contribution is -2.39. The molecule has 1 amide bonds. The fraction of sp³-hybridized carbons (Fsp3) is 0.130. The maximum absolute atomic E-state index is 13.4. The summed E-state index contributed by atoms with van der Waals surface area (Å²) >= 11 is 3.35. The SMILES string of the molecule is CCOc1ccccc1N(CC(=O)N/N=C\c1ccc(Br)cc1)S(=O)(=O)c1ccccc1. The van der Waals surface area contributed by atoms with Gasteiger partial charge in [0.15, 0.2) is 0 Å². The molecule has 3 aromatic carbocycles. The van der Waals surface area contributed by atoms with E-state index in [1.54, 1.807) is 49.4 Å². The molecule has 0 saturated carbocycles. The van der Waals surface area contributed by atoms with Crippen molar-refractivity contribution in [2.75, 3.05) is 17.5 Å². The summed E-state index contributed by atoms with van der Waals surface area (Å²) in [5.74, 6) is -0.232. The number of hydrazone groups is 1. The van der Waals surface area contributed by atoms with Gasteiger partial charge in [-0.15, -0.1) is 0 Å². The monoisotopic (exact) mass is 515 g/mol. The van der Waals surface area contributed by atoms with Crippen molar-refractivity contribution in [3.8, 4) is 5.75 Å². The van der Waals surface area contributed by atoms with Crippen LogP contribution in [0.15, 0.2) is 93.3 Å². The Bertz CT molecular complexity index is 1180. The van der Waals surface area contributed by atoms with E-state index in [4.69, 9.17) is 4.74 Å². The number of ether oxygens (including phenoxy) is 1. The summed E-state index contributed by atoms with van der Waals surface area (Å²) in [5, 5.41) is 3.94. The number of anilines is 1. The van der Waals surface area contributed by atoms with Gasteiger partial charge < -0.3 is 4.74 Å². The van der Waals surface area contributed by atoms with E-state index in [1.807, 2.05) is 24.3 Å². The second-order valence-corrected chi connectivity index (χ2v) is 9.35. The van der Waals surface area contributed by atoms with Gasteiger partial charge in [0.05, 0.1) is 23.4 Å². The third kappa shape index (κ3) is 5.95. The van der Waals surface area contributed by atoms with Gasteiger partial charge >= 0.3 is 0 Å². The average molecular weight is 516 g/mol. The number of halogens is 1. The summed E-state index contributed by atoms with van der Waals surface area (Å²) in [4.78, 5) is 12.7. The maximum Gasteiger partial charge on any atom is 0.264 e. The minimum Gasteiger partial charge on any atom is -0.492 e. The Hall–Kier alpha value is -3.17. The molecule has 0 aliphatic carbocycles. The Morgan fingerprint density at radius 2 is 1.69 bits per heavy atom. The predicted molar refractivity (Wildman–Crippen MR) is 128 cm³/mol. The second-order valence-electron chi connectivity index (χ2n) is 6.57. The molecule has 0 atom stereocenters. The molecule has 7 nitrogen and oxygen atoms in total. The Labute approximate surface area is 195 Å². The van der Waals surface area contributed by atoms with Crippen molar-refractivity contribution in [3.63, 3.8) is 0 Å². The first-order valence-corrected chi connectivity index (χ1v) is 12.0. The van der Waals surface area contributed by atoms with E-state index in [2.05, 4.69) is 26.5 Å². The van der Waals surface area contributed by atoms with Gasteiger partial charge in [-0.2, -0.15) is 5.10 Å². The second kappa shape index (κ2) is 10.9. The van der Waals surface area contributed by atoms with Crippen molar-refractivity contribution >= 4 is 43.8 Å². The first-order valence-electron chi connectivity index (χ1n) is 9.79. The van der Waals surface area contributed by atoms with E-state index in [1.165, 1.54) is 18.3 Å². The van der Waals surface area contributed by atoms with Crippen LogP contribution in [0.4, 0.5) is 5.69 Å². The minimum absolute atomic E-state index is 0.0671. The Kier molecular flexibility index (Phi) is 8.02. The number of amides is 1. The first kappa shape index (κ1) is 23.5. The molecule has 0 unspecified atom stereocenters. The molecular weight excluding hydrogens is 494 g/mol. The van der Waals surface area contributed by atoms with Crippen LogP contribution in [-0.4, -0.2) is 33.7 Å². The van der Waals surface area contributed by atoms with Gasteiger partial charge in [0.25, 0.3) is 15.9 Å². The van der Waals surface area contributed by atoms with E-state index in [0.29, 0.717) is 12.4 Å². The highest BCUT2D eigenvalue weighted by Gasteiger charge is 2.29. The predicted octanol–water partition coefficient (Wildman–Crippen LogP) is 4.19. The third-order valence-corrected chi connectivity index (χ3v) is 6.63. The van der Waals surface area contributed by atoms with Crippen molar-refractivity contribution < 1.29 is 17.9 Å². The Balaban J connectivity index is 1.88. The number of hydrogen-bond acceptors (Lipinski definition) is 5. The van der Waals surface area contributed by atoms with Crippen LogP contribution in [0.1, 0.15) is 12.5 Å². The van der Waals surface area contributed by atoms with Gasteiger partial charge in [-0.25, -0.2) is 13.8 Å². The number of hydrogen-bond donors (Lipinski definition) is 1. The fourth-order valence-electron chi connectivity index (χ4n) is 2.85. The molecule has 0 aromatic heterocycles. The van der Waals surface area contributed by atoms with Gasteiger partial charge in [-0.1, -0.05) is 58.4 Å². The molecule has 0 aliphatic rings. The molecule has 0 bridgehead atoms. The molecule has 3 aromatic rings. The van der Waals surface area contributed by atoms with Crippen LogP contribution in [0, 0.1) is 0 Å². The molecule has 32 heavy (non-hydrogen) atoms. The van der Waals surface area contributed by atoms with E-state index in [-0.39, 0.29) is 10.6 Å². The average Bonchev–Trinajstić information content (AvgIpc) is 2.80. The van der Waals surface area contributed by atoms with E-state index in [0.717, 1.165) is 14.3 Å². The van der Waals surface area contributed by atoms with Crippen LogP contribution in [0.25, 0.3) is 0 Å². The molecule has 0 saturated heterocycles. The van der Waals surface area contributed by atoms with Crippen LogP contribution in [0.5, 0.6) is 5.75 Å². The van der Waals surface area contributed by atoms with Gasteiger partial charge in [0.2, 0.25) is 0 Å². The highest BCUT2D eigenvalue weighted by Crippen LogP contribution is 2.32. The molecule has 0 radical (unpaired) electrons. The number of sulfonamides is 1. The summed E-state index contributed by atoms with van der Waals surface area (Å²) in [6, 6.07) is 22.0. The largest absolute Gasteiger partial charge is 0.492 e. The summed E-state index contributed by atoms with van der Waals surface area (Å²) in [6.07, 6.45) is 1.48. The summed E-state index contributed by atoms with van der Waals surface area (Å²) < 4.78 is 34.4. The molecule has 3 rings (SSSR count). The highest BCUT2D eigenvalue weighted by atomic mass is 79.9. The van der Waals surface area contributed by atoms with Crippen LogP contribution < -0.4 is 14.5 Å². The van der Waals surface area contributed by atoms with Gasteiger partial charge in [-0.3, -0.25) is 9.10 Å². The summed E-state index contributed by atoms with van der Waals surface area (Å²) in [7, 11) is -4.04. The first-order chi connectivity index (χ1) is 15.4. The summed E-state index contributed by atoms with van der Waals surface area (Å²) in [6.45, 7) is 1.68.